The average Bonchev–Trinajstić information content (AvgIpc) is 2.86. The largest absolute Gasteiger partial charge is 0.447 e. The van der Waals surface area contributed by atoms with Crippen molar-refractivity contribution in [2.45, 2.75) is 39.1 Å². The van der Waals surface area contributed by atoms with Crippen molar-refractivity contribution < 1.29 is 9.53 Å². The fourth-order valence-corrected chi connectivity index (χ4v) is 4.32. The number of hydrogen-bond acceptors (Lipinski definition) is 6. The number of hydrogen-bond donors (Lipinski definition) is 0. The van der Waals surface area contributed by atoms with Crippen molar-refractivity contribution in [1.29, 1.82) is 0 Å². The van der Waals surface area contributed by atoms with Gasteiger partial charge in [0.1, 0.15) is 0 Å². The monoisotopic (exact) mass is 454 g/mol. The minimum Gasteiger partial charge on any atom is -0.447 e. The van der Waals surface area contributed by atoms with Crippen molar-refractivity contribution in [3.05, 3.63) is 58.6 Å². The van der Waals surface area contributed by atoms with E-state index in [0.29, 0.717) is 33.4 Å². The number of halogens is 1. The van der Waals surface area contributed by atoms with Crippen LogP contribution in [0, 0.1) is 12.8 Å². The van der Waals surface area contributed by atoms with Gasteiger partial charge in [-0.05, 0) is 37.1 Å². The van der Waals surface area contributed by atoms with E-state index >= 15 is 0 Å². The summed E-state index contributed by atoms with van der Waals surface area (Å²) in [5.74, 6) is 1.55. The molecule has 0 radical (unpaired) electrons. The lowest BCUT2D eigenvalue weighted by atomic mass is 10.0. The third kappa shape index (κ3) is 4.52. The highest BCUT2D eigenvalue weighted by molar-refractivity contribution is 7.99. The van der Waals surface area contributed by atoms with Crippen LogP contribution in [0.4, 0.5) is 5.69 Å². The fraction of sp³-hybridized carbons (Fsp3) is 0.304. The number of aryl methyl sites for hydroxylation is 1. The Morgan fingerprint density at radius 2 is 2.03 bits per heavy atom. The summed E-state index contributed by atoms with van der Waals surface area (Å²) in [6, 6.07) is 13.1. The normalized spacial score (nSPS) is 15.2. The van der Waals surface area contributed by atoms with E-state index < -0.39 is 6.23 Å². The van der Waals surface area contributed by atoms with Crippen molar-refractivity contribution in [3.8, 4) is 17.1 Å². The molecule has 0 saturated heterocycles. The van der Waals surface area contributed by atoms with Crippen LogP contribution in [-0.4, -0.2) is 26.8 Å². The van der Waals surface area contributed by atoms with Gasteiger partial charge in [-0.3, -0.25) is 9.69 Å². The maximum absolute atomic E-state index is 12.8. The highest BCUT2D eigenvalue weighted by Gasteiger charge is 2.34. The van der Waals surface area contributed by atoms with Gasteiger partial charge in [-0.15, -0.1) is 10.2 Å². The van der Waals surface area contributed by atoms with E-state index in [9.17, 15) is 4.79 Å². The molecule has 4 rings (SSSR count). The average molecular weight is 455 g/mol. The summed E-state index contributed by atoms with van der Waals surface area (Å²) in [5, 5.41) is 9.88. The maximum atomic E-state index is 12.8. The molecule has 0 N–H and O–H groups in total. The number of fused-ring (bicyclic) bond motifs is 3. The summed E-state index contributed by atoms with van der Waals surface area (Å²) in [6.07, 6.45) is -0.737. The SMILES string of the molecule is CC(=O)N1c2ccc(C)cc2-c2nnc(SCC(C)C)nc2OC1c1cccc(Cl)c1. The van der Waals surface area contributed by atoms with E-state index in [-0.39, 0.29) is 5.91 Å². The molecule has 160 valence electrons. The zero-order chi connectivity index (χ0) is 22.1. The molecule has 6 nitrogen and oxygen atoms in total. The summed E-state index contributed by atoms with van der Waals surface area (Å²) in [7, 11) is 0. The van der Waals surface area contributed by atoms with E-state index in [1.165, 1.54) is 18.7 Å². The Morgan fingerprint density at radius 1 is 1.23 bits per heavy atom. The first-order chi connectivity index (χ1) is 14.8. The van der Waals surface area contributed by atoms with E-state index in [1.807, 2.05) is 37.3 Å². The highest BCUT2D eigenvalue weighted by Crippen LogP contribution is 2.44. The Balaban J connectivity index is 1.91. The van der Waals surface area contributed by atoms with Gasteiger partial charge in [0, 0.05) is 28.8 Å². The molecule has 3 aromatic rings. The van der Waals surface area contributed by atoms with Crippen molar-refractivity contribution in [1.82, 2.24) is 15.2 Å². The van der Waals surface area contributed by atoms with Crippen LogP contribution in [0.5, 0.6) is 5.88 Å². The van der Waals surface area contributed by atoms with Gasteiger partial charge in [0.05, 0.1) is 5.69 Å². The number of rotatable bonds is 4. The molecule has 1 aliphatic heterocycles. The summed E-state index contributed by atoms with van der Waals surface area (Å²) in [6.45, 7) is 7.79. The van der Waals surface area contributed by atoms with Crippen molar-refractivity contribution in [2.24, 2.45) is 5.92 Å². The first-order valence-electron chi connectivity index (χ1n) is 10.0. The van der Waals surface area contributed by atoms with E-state index in [4.69, 9.17) is 16.3 Å². The van der Waals surface area contributed by atoms with Crippen molar-refractivity contribution in [3.63, 3.8) is 0 Å². The summed E-state index contributed by atoms with van der Waals surface area (Å²) in [4.78, 5) is 19.1. The number of thioether (sulfide) groups is 1. The first kappa shape index (κ1) is 21.6. The topological polar surface area (TPSA) is 68.2 Å². The molecule has 1 unspecified atom stereocenters. The zero-order valence-corrected chi connectivity index (χ0v) is 19.4. The number of carbonyl (C=O) groups excluding carboxylic acids is 1. The standard InChI is InChI=1S/C23H23ClN4O2S/c1-13(2)12-31-23-25-21-20(26-27-23)18-10-14(3)8-9-19(18)28(15(4)29)22(30-21)16-6-5-7-17(24)11-16/h5-11,13,22H,12H2,1-4H3. The van der Waals surface area contributed by atoms with Gasteiger partial charge in [-0.2, -0.15) is 4.98 Å². The predicted molar refractivity (Wildman–Crippen MR) is 124 cm³/mol. The van der Waals surface area contributed by atoms with E-state index in [0.717, 1.165) is 22.4 Å². The van der Waals surface area contributed by atoms with Crippen LogP contribution in [-0.2, 0) is 4.79 Å². The van der Waals surface area contributed by atoms with Crippen LogP contribution in [0.15, 0.2) is 47.6 Å². The molecule has 8 heteroatoms. The molecule has 1 atom stereocenters. The molecule has 2 aromatic carbocycles. The molecule has 1 aromatic heterocycles. The molecule has 2 heterocycles. The quantitative estimate of drug-likeness (QED) is 0.471. The molecule has 0 bridgehead atoms. The Kier molecular flexibility index (Phi) is 6.16. The van der Waals surface area contributed by atoms with Crippen LogP contribution in [0.2, 0.25) is 5.02 Å². The maximum Gasteiger partial charge on any atom is 0.247 e. The smallest absolute Gasteiger partial charge is 0.247 e. The highest BCUT2D eigenvalue weighted by atomic mass is 35.5. The Hall–Kier alpha value is -2.64. The minimum absolute atomic E-state index is 0.162. The number of amides is 1. The number of carbonyl (C=O) groups is 1. The van der Waals surface area contributed by atoms with Crippen LogP contribution in [0.1, 0.15) is 38.1 Å². The lowest BCUT2D eigenvalue weighted by Crippen LogP contribution is -2.36. The van der Waals surface area contributed by atoms with Crippen molar-refractivity contribution >= 4 is 35.0 Å². The molecule has 0 saturated carbocycles. The number of aromatic nitrogens is 3. The minimum atomic E-state index is -0.737. The van der Waals surface area contributed by atoms with Gasteiger partial charge in [0.2, 0.25) is 23.2 Å². The lowest BCUT2D eigenvalue weighted by molar-refractivity contribution is -0.118. The van der Waals surface area contributed by atoms with E-state index in [2.05, 4.69) is 29.0 Å². The van der Waals surface area contributed by atoms with Crippen molar-refractivity contribution in [2.75, 3.05) is 10.7 Å². The first-order valence-corrected chi connectivity index (χ1v) is 11.4. The molecule has 31 heavy (non-hydrogen) atoms. The molecule has 1 aliphatic rings. The van der Waals surface area contributed by atoms with E-state index in [1.54, 1.807) is 17.0 Å². The second-order valence-electron chi connectivity index (χ2n) is 7.89. The van der Waals surface area contributed by atoms with Crippen LogP contribution in [0.25, 0.3) is 11.3 Å². The second kappa shape index (κ2) is 8.85. The van der Waals surface area contributed by atoms with Gasteiger partial charge in [-0.25, -0.2) is 0 Å². The predicted octanol–water partition coefficient (Wildman–Crippen LogP) is 5.69. The number of nitrogens with zero attached hydrogens (tertiary/aromatic N) is 4. The van der Waals surface area contributed by atoms with Crippen LogP contribution in [0.3, 0.4) is 0 Å². The Labute approximate surface area is 191 Å². The lowest BCUT2D eigenvalue weighted by Gasteiger charge is -2.30. The number of anilines is 1. The Morgan fingerprint density at radius 3 is 2.74 bits per heavy atom. The number of benzene rings is 2. The van der Waals surface area contributed by atoms with Crippen LogP contribution >= 0.6 is 23.4 Å². The van der Waals surface area contributed by atoms with Gasteiger partial charge in [0.15, 0.2) is 5.69 Å². The zero-order valence-electron chi connectivity index (χ0n) is 17.8. The second-order valence-corrected chi connectivity index (χ2v) is 9.31. The van der Waals surface area contributed by atoms with Gasteiger partial charge in [0.25, 0.3) is 0 Å². The molecule has 0 aliphatic carbocycles. The molecule has 0 fully saturated rings. The third-order valence-corrected chi connectivity index (χ3v) is 6.28. The van der Waals surface area contributed by atoms with Gasteiger partial charge < -0.3 is 4.74 Å². The van der Waals surface area contributed by atoms with Crippen LogP contribution < -0.4 is 9.64 Å². The van der Waals surface area contributed by atoms with Gasteiger partial charge in [-0.1, -0.05) is 61.0 Å². The molecule has 1 amide bonds. The third-order valence-electron chi connectivity index (χ3n) is 4.78. The molecular weight excluding hydrogens is 432 g/mol. The van der Waals surface area contributed by atoms with Gasteiger partial charge >= 0.3 is 0 Å². The Bertz CT molecular complexity index is 1140. The number of ether oxygens (including phenoxy) is 1. The summed E-state index contributed by atoms with van der Waals surface area (Å²) >= 11 is 7.78. The molecular formula is C23H23ClN4O2S. The molecule has 0 spiro atoms. The summed E-state index contributed by atoms with van der Waals surface area (Å²) < 4.78 is 6.36. The summed E-state index contributed by atoms with van der Waals surface area (Å²) in [5.41, 5.74) is 3.76. The fourth-order valence-electron chi connectivity index (χ4n) is 3.40.